The zero-order valence-corrected chi connectivity index (χ0v) is 9.16. The molecule has 0 spiro atoms. The minimum absolute atomic E-state index is 0.0407. The van der Waals surface area contributed by atoms with E-state index in [9.17, 15) is 4.79 Å². The average Bonchev–Trinajstić information content (AvgIpc) is 2.89. The SMILES string of the molecule is O=C(Nc1nn[nH]n1)c1cncc(NCCO)n1. The lowest BCUT2D eigenvalue weighted by Gasteiger charge is -2.04. The van der Waals surface area contributed by atoms with Crippen LogP contribution in [0.1, 0.15) is 10.5 Å². The van der Waals surface area contributed by atoms with Gasteiger partial charge >= 0.3 is 0 Å². The van der Waals surface area contributed by atoms with Gasteiger partial charge in [-0.1, -0.05) is 5.10 Å². The number of hydrogen-bond acceptors (Lipinski definition) is 8. The number of H-pyrrole nitrogens is 1. The fraction of sp³-hybridized carbons (Fsp3) is 0.250. The first-order valence-corrected chi connectivity index (χ1v) is 5.01. The van der Waals surface area contributed by atoms with Crippen LogP contribution in [0.5, 0.6) is 0 Å². The van der Waals surface area contributed by atoms with Crippen LogP contribution in [-0.4, -0.2) is 54.8 Å². The van der Waals surface area contributed by atoms with E-state index in [2.05, 4.69) is 41.2 Å². The number of carbonyl (C=O) groups excluding carboxylic acids is 1. The lowest BCUT2D eigenvalue weighted by molar-refractivity contribution is 0.102. The Bertz CT molecular complexity index is 514. The van der Waals surface area contributed by atoms with Crippen molar-refractivity contribution in [2.24, 2.45) is 0 Å². The summed E-state index contributed by atoms with van der Waals surface area (Å²) in [6, 6.07) is 0. The zero-order valence-electron chi connectivity index (χ0n) is 9.16. The first kappa shape index (κ1) is 11.9. The van der Waals surface area contributed by atoms with Crippen LogP contribution in [0, 0.1) is 0 Å². The van der Waals surface area contributed by atoms with Crippen LogP contribution < -0.4 is 10.6 Å². The highest BCUT2D eigenvalue weighted by Crippen LogP contribution is 2.03. The quantitative estimate of drug-likeness (QED) is 0.510. The molecule has 0 saturated carbocycles. The van der Waals surface area contributed by atoms with Gasteiger partial charge in [0.2, 0.25) is 0 Å². The van der Waals surface area contributed by atoms with Crippen LogP contribution in [0.4, 0.5) is 11.8 Å². The summed E-state index contributed by atoms with van der Waals surface area (Å²) in [6.45, 7) is 0.283. The van der Waals surface area contributed by atoms with Crippen LogP contribution in [-0.2, 0) is 0 Å². The second-order valence-electron chi connectivity index (χ2n) is 3.13. The molecule has 2 heterocycles. The fourth-order valence-electron chi connectivity index (χ4n) is 1.12. The fourth-order valence-corrected chi connectivity index (χ4v) is 1.12. The lowest BCUT2D eigenvalue weighted by atomic mass is 10.4. The van der Waals surface area contributed by atoms with Gasteiger partial charge in [0.1, 0.15) is 11.5 Å². The topological polar surface area (TPSA) is 142 Å². The second kappa shape index (κ2) is 5.63. The number of aliphatic hydroxyl groups excluding tert-OH is 1. The number of aliphatic hydroxyl groups is 1. The van der Waals surface area contributed by atoms with Crippen molar-refractivity contribution in [3.8, 4) is 0 Å². The van der Waals surface area contributed by atoms with E-state index >= 15 is 0 Å². The van der Waals surface area contributed by atoms with Gasteiger partial charge in [0.15, 0.2) is 0 Å². The van der Waals surface area contributed by atoms with Gasteiger partial charge in [-0.15, -0.1) is 5.10 Å². The Hall–Kier alpha value is -2.62. The Morgan fingerprint density at radius 3 is 3.06 bits per heavy atom. The normalized spacial score (nSPS) is 10.1. The van der Waals surface area contributed by atoms with Crippen molar-refractivity contribution in [1.82, 2.24) is 30.6 Å². The van der Waals surface area contributed by atoms with Gasteiger partial charge < -0.3 is 10.4 Å². The summed E-state index contributed by atoms with van der Waals surface area (Å²) < 4.78 is 0. The summed E-state index contributed by atoms with van der Waals surface area (Å²) in [7, 11) is 0. The number of rotatable bonds is 5. The molecule has 0 aliphatic carbocycles. The molecule has 0 bridgehead atoms. The van der Waals surface area contributed by atoms with Gasteiger partial charge in [0.25, 0.3) is 11.9 Å². The van der Waals surface area contributed by atoms with Gasteiger partial charge in [-0.25, -0.2) is 4.98 Å². The van der Waals surface area contributed by atoms with E-state index in [0.29, 0.717) is 12.4 Å². The standard InChI is InChI=1S/C8H10N8O2/c17-2-1-10-6-4-9-3-5(11-6)7(18)12-8-13-15-16-14-8/h3-4,17H,1-2H2,(H,10,11)(H2,12,13,14,15,16,18). The van der Waals surface area contributed by atoms with Crippen molar-refractivity contribution in [3.63, 3.8) is 0 Å². The molecule has 0 atom stereocenters. The monoisotopic (exact) mass is 250 g/mol. The second-order valence-corrected chi connectivity index (χ2v) is 3.13. The zero-order chi connectivity index (χ0) is 12.8. The Morgan fingerprint density at radius 1 is 1.44 bits per heavy atom. The molecule has 0 saturated heterocycles. The molecule has 10 heteroatoms. The number of carbonyl (C=O) groups is 1. The van der Waals surface area contributed by atoms with Crippen molar-refractivity contribution in [1.29, 1.82) is 0 Å². The maximum Gasteiger partial charge on any atom is 0.278 e. The summed E-state index contributed by atoms with van der Waals surface area (Å²) in [5, 5.41) is 26.5. The molecular weight excluding hydrogens is 240 g/mol. The number of nitrogens with one attached hydrogen (secondary N) is 3. The third-order valence-electron chi connectivity index (χ3n) is 1.86. The number of amides is 1. The van der Waals surface area contributed by atoms with Crippen LogP contribution in [0.3, 0.4) is 0 Å². The molecular formula is C8H10N8O2. The molecule has 0 aromatic carbocycles. The first-order valence-electron chi connectivity index (χ1n) is 5.01. The number of aromatic nitrogens is 6. The van der Waals surface area contributed by atoms with Gasteiger partial charge in [0, 0.05) is 6.54 Å². The summed E-state index contributed by atoms with van der Waals surface area (Å²) in [5.74, 6) is -0.0584. The molecule has 2 rings (SSSR count). The van der Waals surface area contributed by atoms with Gasteiger partial charge in [-0.2, -0.15) is 5.21 Å². The molecule has 0 fully saturated rings. The molecule has 18 heavy (non-hydrogen) atoms. The summed E-state index contributed by atoms with van der Waals surface area (Å²) in [6.07, 6.45) is 2.75. The largest absolute Gasteiger partial charge is 0.395 e. The molecule has 0 aliphatic rings. The number of nitrogens with zero attached hydrogens (tertiary/aromatic N) is 5. The number of aromatic amines is 1. The van der Waals surface area contributed by atoms with Crippen molar-refractivity contribution >= 4 is 17.7 Å². The van der Waals surface area contributed by atoms with Gasteiger partial charge in [-0.3, -0.25) is 15.1 Å². The Morgan fingerprint density at radius 2 is 2.33 bits per heavy atom. The van der Waals surface area contributed by atoms with E-state index in [1.165, 1.54) is 12.4 Å². The first-order chi connectivity index (χ1) is 8.79. The molecule has 2 aromatic heterocycles. The highest BCUT2D eigenvalue weighted by molar-refractivity contribution is 6.01. The lowest BCUT2D eigenvalue weighted by Crippen LogP contribution is -2.16. The van der Waals surface area contributed by atoms with Crippen molar-refractivity contribution in [2.75, 3.05) is 23.8 Å². The van der Waals surface area contributed by atoms with E-state index in [4.69, 9.17) is 5.11 Å². The van der Waals surface area contributed by atoms with Crippen LogP contribution in [0.15, 0.2) is 12.4 Å². The van der Waals surface area contributed by atoms with E-state index in [-0.39, 0.29) is 18.2 Å². The van der Waals surface area contributed by atoms with E-state index in [1.807, 2.05) is 0 Å². The maximum absolute atomic E-state index is 11.7. The van der Waals surface area contributed by atoms with Crippen molar-refractivity contribution < 1.29 is 9.90 Å². The molecule has 4 N–H and O–H groups in total. The molecule has 94 valence electrons. The molecule has 0 radical (unpaired) electrons. The Balaban J connectivity index is 2.05. The van der Waals surface area contributed by atoms with Crippen molar-refractivity contribution in [3.05, 3.63) is 18.1 Å². The van der Waals surface area contributed by atoms with E-state index in [0.717, 1.165) is 0 Å². The summed E-state index contributed by atoms with van der Waals surface area (Å²) in [4.78, 5) is 19.6. The third-order valence-corrected chi connectivity index (χ3v) is 1.86. The predicted octanol–water partition coefficient (Wildman–Crippen LogP) is -1.35. The highest BCUT2D eigenvalue weighted by Gasteiger charge is 2.11. The minimum Gasteiger partial charge on any atom is -0.395 e. The highest BCUT2D eigenvalue weighted by atomic mass is 16.3. The van der Waals surface area contributed by atoms with Crippen LogP contribution in [0.2, 0.25) is 0 Å². The molecule has 10 nitrogen and oxygen atoms in total. The predicted molar refractivity (Wildman–Crippen MR) is 59.7 cm³/mol. The summed E-state index contributed by atoms with van der Waals surface area (Å²) in [5.41, 5.74) is 0.0998. The van der Waals surface area contributed by atoms with Crippen molar-refractivity contribution in [2.45, 2.75) is 0 Å². The molecule has 1 amide bonds. The van der Waals surface area contributed by atoms with E-state index < -0.39 is 5.91 Å². The third kappa shape index (κ3) is 2.95. The average molecular weight is 250 g/mol. The Kier molecular flexibility index (Phi) is 3.71. The summed E-state index contributed by atoms with van der Waals surface area (Å²) >= 11 is 0. The van der Waals surface area contributed by atoms with E-state index in [1.54, 1.807) is 0 Å². The number of tetrazole rings is 1. The molecule has 2 aromatic rings. The van der Waals surface area contributed by atoms with Crippen LogP contribution in [0.25, 0.3) is 0 Å². The van der Waals surface area contributed by atoms with Crippen LogP contribution >= 0.6 is 0 Å². The minimum atomic E-state index is -0.503. The maximum atomic E-state index is 11.7. The van der Waals surface area contributed by atoms with Gasteiger partial charge in [0.05, 0.1) is 19.0 Å². The number of hydrogen-bond donors (Lipinski definition) is 4. The Labute approximate surface area is 101 Å². The smallest absolute Gasteiger partial charge is 0.278 e. The number of anilines is 2. The molecule has 0 unspecified atom stereocenters. The van der Waals surface area contributed by atoms with Gasteiger partial charge in [-0.05, 0) is 5.21 Å². The molecule has 0 aliphatic heterocycles.